The first kappa shape index (κ1) is 21.8. The lowest BCUT2D eigenvalue weighted by Crippen LogP contribution is -2.44. The number of piperazine rings is 1. The third-order valence-electron chi connectivity index (χ3n) is 5.73. The topological polar surface area (TPSA) is 92.2 Å². The molecule has 1 fully saturated rings. The van der Waals surface area contributed by atoms with Crippen LogP contribution < -0.4 is 10.5 Å². The molecule has 0 spiro atoms. The normalized spacial score (nSPS) is 15.4. The predicted molar refractivity (Wildman–Crippen MR) is 130 cm³/mol. The number of aromatic hydroxyl groups is 1. The van der Waals surface area contributed by atoms with Gasteiger partial charge in [-0.1, -0.05) is 18.2 Å². The Kier molecular flexibility index (Phi) is 6.68. The van der Waals surface area contributed by atoms with E-state index in [1.165, 1.54) is 5.69 Å². The minimum absolute atomic E-state index is 0.0794. The Morgan fingerprint density at radius 2 is 1.81 bits per heavy atom. The van der Waals surface area contributed by atoms with Crippen LogP contribution in [0.3, 0.4) is 0 Å². The van der Waals surface area contributed by atoms with E-state index in [4.69, 9.17) is 5.11 Å². The van der Waals surface area contributed by atoms with Crippen molar-refractivity contribution in [3.8, 4) is 5.88 Å². The van der Waals surface area contributed by atoms with Gasteiger partial charge in [-0.3, -0.25) is 14.8 Å². The van der Waals surface area contributed by atoms with E-state index in [0.717, 1.165) is 37.4 Å². The molecule has 0 amide bonds. The fraction of sp³-hybridized carbons (Fsp3) is 0.280. The van der Waals surface area contributed by atoms with E-state index >= 15 is 0 Å². The number of rotatable bonds is 6. The summed E-state index contributed by atoms with van der Waals surface area (Å²) in [5.74, 6) is -0.211. The van der Waals surface area contributed by atoms with Crippen molar-refractivity contribution in [3.05, 3.63) is 70.0 Å². The molecule has 0 saturated carbocycles. The molecular formula is C25H28N4O3. The van der Waals surface area contributed by atoms with Gasteiger partial charge in [0.15, 0.2) is 0 Å². The van der Waals surface area contributed by atoms with Crippen LogP contribution in [0.1, 0.15) is 17.5 Å². The molecule has 2 heterocycles. The second-order valence-corrected chi connectivity index (χ2v) is 8.00. The highest BCUT2D eigenvalue weighted by atomic mass is 16.3. The number of H-pyrrole nitrogens is 1. The number of nitrogens with one attached hydrogen (secondary N) is 1. The van der Waals surface area contributed by atoms with Gasteiger partial charge in [0.05, 0.1) is 11.3 Å². The van der Waals surface area contributed by atoms with Gasteiger partial charge in [0.25, 0.3) is 5.56 Å². The quantitative estimate of drug-likeness (QED) is 0.521. The zero-order valence-electron chi connectivity index (χ0n) is 18.2. The molecule has 166 valence electrons. The summed E-state index contributed by atoms with van der Waals surface area (Å²) < 4.78 is 0. The molecule has 3 aromatic rings. The van der Waals surface area contributed by atoms with Gasteiger partial charge in [-0.05, 0) is 55.4 Å². The summed E-state index contributed by atoms with van der Waals surface area (Å²) in [4.78, 5) is 24.0. The third-order valence-corrected chi connectivity index (χ3v) is 5.73. The minimum atomic E-state index is -0.350. The molecule has 7 nitrogen and oxygen atoms in total. The molecule has 32 heavy (non-hydrogen) atoms. The summed E-state index contributed by atoms with van der Waals surface area (Å²) in [5.41, 5.74) is 2.92. The van der Waals surface area contributed by atoms with Gasteiger partial charge in [-0.15, -0.1) is 0 Å². The van der Waals surface area contributed by atoms with Crippen LogP contribution in [0.15, 0.2) is 58.3 Å². The summed E-state index contributed by atoms with van der Waals surface area (Å²) in [6.45, 7) is 4.19. The fourth-order valence-corrected chi connectivity index (χ4v) is 3.83. The largest absolute Gasteiger partial charge is 0.494 e. The molecule has 0 bridgehead atoms. The first-order chi connectivity index (χ1) is 15.5. The van der Waals surface area contributed by atoms with Crippen molar-refractivity contribution in [1.82, 2.24) is 9.88 Å². The van der Waals surface area contributed by atoms with Gasteiger partial charge in [0.2, 0.25) is 5.88 Å². The lowest BCUT2D eigenvalue weighted by molar-refractivity contribution is 0.303. The number of aliphatic imine (C=N–C) groups is 1. The Balaban J connectivity index is 1.61. The average Bonchev–Trinajstić information content (AvgIpc) is 2.80. The number of nitrogens with zero attached hydrogens (tertiary/aromatic N) is 3. The Morgan fingerprint density at radius 1 is 1.06 bits per heavy atom. The summed E-state index contributed by atoms with van der Waals surface area (Å²) in [7, 11) is 2.14. The van der Waals surface area contributed by atoms with Crippen LogP contribution >= 0.6 is 0 Å². The Morgan fingerprint density at radius 3 is 2.53 bits per heavy atom. The molecule has 0 unspecified atom stereocenters. The molecule has 1 aliphatic rings. The van der Waals surface area contributed by atoms with Crippen molar-refractivity contribution in [1.29, 1.82) is 0 Å². The molecule has 4 rings (SSSR count). The van der Waals surface area contributed by atoms with Crippen LogP contribution in [0.4, 0.5) is 11.4 Å². The Hall–Kier alpha value is -3.42. The van der Waals surface area contributed by atoms with Crippen LogP contribution in [-0.2, 0) is 0 Å². The monoisotopic (exact) mass is 432 g/mol. The summed E-state index contributed by atoms with van der Waals surface area (Å²) in [6, 6.07) is 13.4. The van der Waals surface area contributed by atoms with Crippen LogP contribution in [0, 0.1) is 0 Å². The maximum absolute atomic E-state index is 12.3. The summed E-state index contributed by atoms with van der Waals surface area (Å²) in [6.07, 6.45) is 5.88. The van der Waals surface area contributed by atoms with Crippen molar-refractivity contribution in [3.63, 3.8) is 0 Å². The van der Waals surface area contributed by atoms with Crippen LogP contribution in [0.2, 0.25) is 0 Å². The maximum atomic E-state index is 12.3. The van der Waals surface area contributed by atoms with Gasteiger partial charge in [0.1, 0.15) is 0 Å². The van der Waals surface area contributed by atoms with Crippen molar-refractivity contribution >= 4 is 34.4 Å². The highest BCUT2D eigenvalue weighted by Crippen LogP contribution is 2.25. The smallest absolute Gasteiger partial charge is 0.258 e. The van der Waals surface area contributed by atoms with Crippen molar-refractivity contribution in [2.45, 2.75) is 6.42 Å². The number of hydrogen-bond acceptors (Lipinski definition) is 6. The zero-order chi connectivity index (χ0) is 22.5. The van der Waals surface area contributed by atoms with Crippen LogP contribution in [0.5, 0.6) is 5.88 Å². The maximum Gasteiger partial charge on any atom is 0.258 e. The predicted octanol–water partition coefficient (Wildman–Crippen LogP) is 3.13. The van der Waals surface area contributed by atoms with Crippen molar-refractivity contribution < 1.29 is 10.2 Å². The number of aliphatic hydroxyl groups excluding tert-OH is 1. The number of likely N-dealkylation sites (N-methyl/N-ethyl adjacent to an activating group) is 1. The zero-order valence-corrected chi connectivity index (χ0v) is 18.2. The van der Waals surface area contributed by atoms with E-state index in [1.807, 2.05) is 36.4 Å². The second-order valence-electron chi connectivity index (χ2n) is 8.00. The van der Waals surface area contributed by atoms with Gasteiger partial charge in [-0.2, -0.15) is 0 Å². The molecule has 7 heteroatoms. The van der Waals surface area contributed by atoms with Crippen LogP contribution in [-0.4, -0.2) is 66.1 Å². The van der Waals surface area contributed by atoms with Gasteiger partial charge in [0, 0.05) is 55.5 Å². The van der Waals surface area contributed by atoms with E-state index in [1.54, 1.807) is 12.3 Å². The molecule has 1 aliphatic heterocycles. The lowest BCUT2D eigenvalue weighted by Gasteiger charge is -2.34. The van der Waals surface area contributed by atoms with E-state index in [2.05, 4.69) is 39.0 Å². The first-order valence-corrected chi connectivity index (χ1v) is 10.8. The van der Waals surface area contributed by atoms with Crippen molar-refractivity contribution in [2.75, 3.05) is 44.7 Å². The standard InChI is InChI=1S/C25H28N4O3/c1-28-11-13-29(14-12-28)20-8-6-19(7-9-20)26-17-23-22-16-18(4-2-3-15-30)5-10-21(22)24(31)27-25(23)32/h2,4-10,16-17,30H,3,11-15H2,1H3,(H2,27,31,32). The number of aromatic nitrogens is 1. The Bertz CT molecular complexity index is 1190. The minimum Gasteiger partial charge on any atom is -0.494 e. The van der Waals surface area contributed by atoms with Gasteiger partial charge >= 0.3 is 0 Å². The molecule has 1 saturated heterocycles. The first-order valence-electron chi connectivity index (χ1n) is 10.8. The van der Waals surface area contributed by atoms with E-state index in [9.17, 15) is 9.90 Å². The number of aromatic amines is 1. The molecule has 0 atom stereocenters. The number of fused-ring (bicyclic) bond motifs is 1. The van der Waals surface area contributed by atoms with Gasteiger partial charge < -0.3 is 20.0 Å². The number of anilines is 1. The van der Waals surface area contributed by atoms with E-state index in [-0.39, 0.29) is 18.0 Å². The second kappa shape index (κ2) is 9.80. The molecule has 2 aromatic carbocycles. The fourth-order valence-electron chi connectivity index (χ4n) is 3.83. The molecule has 3 N–H and O–H groups in total. The van der Waals surface area contributed by atoms with E-state index in [0.29, 0.717) is 22.8 Å². The number of aliphatic hydroxyl groups is 1. The van der Waals surface area contributed by atoms with Crippen LogP contribution in [0.25, 0.3) is 16.8 Å². The Labute approximate surface area is 187 Å². The van der Waals surface area contributed by atoms with Gasteiger partial charge in [-0.25, -0.2) is 0 Å². The van der Waals surface area contributed by atoms with Crippen molar-refractivity contribution in [2.24, 2.45) is 4.99 Å². The molecular weight excluding hydrogens is 404 g/mol. The highest BCUT2D eigenvalue weighted by Gasteiger charge is 2.14. The summed E-state index contributed by atoms with van der Waals surface area (Å²) in [5, 5.41) is 20.5. The number of pyridine rings is 1. The van der Waals surface area contributed by atoms with E-state index < -0.39 is 0 Å². The molecule has 1 aromatic heterocycles. The number of benzene rings is 2. The summed E-state index contributed by atoms with van der Waals surface area (Å²) >= 11 is 0. The lowest BCUT2D eigenvalue weighted by atomic mass is 10.0. The molecule has 0 aliphatic carbocycles. The molecule has 0 radical (unpaired) electrons. The SMILES string of the molecule is CN1CCN(c2ccc(N=Cc3c(O)[nH]c(=O)c4ccc(C=CCCO)cc34)cc2)CC1. The number of hydrogen-bond donors (Lipinski definition) is 3. The average molecular weight is 433 g/mol. The third kappa shape index (κ3) is 4.90. The highest BCUT2D eigenvalue weighted by molar-refractivity contribution is 6.02.